The Morgan fingerprint density at radius 1 is 1.46 bits per heavy atom. The van der Waals surface area contributed by atoms with Crippen LogP contribution in [0.2, 0.25) is 0 Å². The third kappa shape index (κ3) is 1.31. The monoisotopic (exact) mass is 178 g/mol. The Kier molecular flexibility index (Phi) is 1.82. The predicted molar refractivity (Wildman–Crippen MR) is 46.0 cm³/mol. The van der Waals surface area contributed by atoms with Crippen molar-refractivity contribution in [1.82, 2.24) is 24.3 Å². The molecule has 0 aliphatic heterocycles. The van der Waals surface area contributed by atoms with Crippen LogP contribution in [0.15, 0.2) is 18.7 Å². The molecule has 2 aromatic rings. The van der Waals surface area contributed by atoms with Crippen molar-refractivity contribution in [2.45, 2.75) is 6.54 Å². The topological polar surface area (TPSA) is 74.5 Å². The van der Waals surface area contributed by atoms with Crippen molar-refractivity contribution in [2.75, 3.05) is 0 Å². The number of hydrogen-bond acceptors (Lipinski definition) is 4. The maximum atomic E-state index is 5.39. The van der Waals surface area contributed by atoms with Gasteiger partial charge in [0.1, 0.15) is 6.33 Å². The minimum atomic E-state index is 0.345. The number of aromatic nitrogens is 5. The molecular formula is C7H10N6. The van der Waals surface area contributed by atoms with Crippen molar-refractivity contribution < 1.29 is 0 Å². The van der Waals surface area contributed by atoms with Gasteiger partial charge >= 0.3 is 0 Å². The number of rotatable bonds is 2. The van der Waals surface area contributed by atoms with Crippen LogP contribution in [0.4, 0.5) is 0 Å². The van der Waals surface area contributed by atoms with Crippen LogP contribution in [0.5, 0.6) is 0 Å². The number of imidazole rings is 1. The molecule has 2 heterocycles. The van der Waals surface area contributed by atoms with Gasteiger partial charge in [-0.05, 0) is 0 Å². The fraction of sp³-hybridized carbons (Fsp3) is 0.286. The van der Waals surface area contributed by atoms with Gasteiger partial charge in [-0.2, -0.15) is 4.68 Å². The first kappa shape index (κ1) is 7.93. The predicted octanol–water partition coefficient (Wildman–Crippen LogP) is -0.541. The molecule has 13 heavy (non-hydrogen) atoms. The Morgan fingerprint density at radius 3 is 2.85 bits per heavy atom. The van der Waals surface area contributed by atoms with Gasteiger partial charge < -0.3 is 10.3 Å². The number of nitrogens with zero attached hydrogens (tertiary/aromatic N) is 5. The van der Waals surface area contributed by atoms with Gasteiger partial charge in [-0.3, -0.25) is 0 Å². The molecule has 0 spiro atoms. The average Bonchev–Trinajstić information content (AvgIpc) is 2.71. The molecule has 0 amide bonds. The Bertz CT molecular complexity index is 401. The fourth-order valence-electron chi connectivity index (χ4n) is 1.07. The molecule has 2 N–H and O–H groups in total. The summed E-state index contributed by atoms with van der Waals surface area (Å²) in [6.07, 6.45) is 5.16. The zero-order chi connectivity index (χ0) is 9.26. The highest BCUT2D eigenvalue weighted by Crippen LogP contribution is 2.00. The van der Waals surface area contributed by atoms with Crippen molar-refractivity contribution in [3.05, 3.63) is 24.5 Å². The normalized spacial score (nSPS) is 10.6. The summed E-state index contributed by atoms with van der Waals surface area (Å²) < 4.78 is 3.46. The molecular weight excluding hydrogens is 168 g/mol. The number of hydrogen-bond donors (Lipinski definition) is 1. The third-order valence-corrected chi connectivity index (χ3v) is 1.72. The first-order valence-corrected chi connectivity index (χ1v) is 3.89. The second-order valence-electron chi connectivity index (χ2n) is 2.65. The molecule has 0 aliphatic carbocycles. The van der Waals surface area contributed by atoms with E-state index in [1.54, 1.807) is 17.2 Å². The third-order valence-electron chi connectivity index (χ3n) is 1.72. The van der Waals surface area contributed by atoms with E-state index in [1.807, 2.05) is 17.8 Å². The molecule has 0 unspecified atom stereocenters. The van der Waals surface area contributed by atoms with E-state index < -0.39 is 0 Å². The first-order valence-electron chi connectivity index (χ1n) is 3.89. The Balaban J connectivity index is 2.41. The van der Waals surface area contributed by atoms with Crippen LogP contribution in [-0.4, -0.2) is 24.3 Å². The van der Waals surface area contributed by atoms with Crippen LogP contribution in [0.1, 0.15) is 5.82 Å². The summed E-state index contributed by atoms with van der Waals surface area (Å²) in [4.78, 5) is 8.12. The molecule has 0 bridgehead atoms. The van der Waals surface area contributed by atoms with Gasteiger partial charge in [-0.25, -0.2) is 9.97 Å². The van der Waals surface area contributed by atoms with Crippen LogP contribution in [0, 0.1) is 0 Å². The van der Waals surface area contributed by atoms with Gasteiger partial charge in [0.25, 0.3) is 0 Å². The molecule has 0 saturated carbocycles. The molecule has 0 fully saturated rings. The lowest BCUT2D eigenvalue weighted by molar-refractivity contribution is 0.735. The Morgan fingerprint density at radius 2 is 2.31 bits per heavy atom. The summed E-state index contributed by atoms with van der Waals surface area (Å²) in [5.74, 6) is 1.34. The number of aryl methyl sites for hydroxylation is 1. The molecule has 0 aromatic carbocycles. The SMILES string of the molecule is Cn1ccnc1-n1cnc(CN)n1. The lowest BCUT2D eigenvalue weighted by Crippen LogP contribution is -2.05. The standard InChI is InChI=1S/C7H10N6/c1-12-3-2-9-7(12)13-5-10-6(4-8)11-13/h2-3,5H,4,8H2,1H3. The van der Waals surface area contributed by atoms with E-state index in [2.05, 4.69) is 15.1 Å². The molecule has 2 rings (SSSR count). The molecule has 0 radical (unpaired) electrons. The van der Waals surface area contributed by atoms with Gasteiger partial charge in [0.15, 0.2) is 5.82 Å². The lowest BCUT2D eigenvalue weighted by Gasteiger charge is -1.98. The minimum Gasteiger partial charge on any atom is -0.324 e. The van der Waals surface area contributed by atoms with Gasteiger partial charge in [0.2, 0.25) is 5.95 Å². The van der Waals surface area contributed by atoms with Crippen LogP contribution < -0.4 is 5.73 Å². The summed E-state index contributed by atoms with van der Waals surface area (Å²) in [6.45, 7) is 0.345. The van der Waals surface area contributed by atoms with E-state index in [4.69, 9.17) is 5.73 Å². The molecule has 6 heteroatoms. The summed E-state index contributed by atoms with van der Waals surface area (Å²) in [6, 6.07) is 0. The zero-order valence-corrected chi connectivity index (χ0v) is 7.25. The molecule has 0 saturated heterocycles. The molecule has 2 aromatic heterocycles. The van der Waals surface area contributed by atoms with Gasteiger partial charge in [-0.15, -0.1) is 5.10 Å². The van der Waals surface area contributed by atoms with Crippen LogP contribution in [0.25, 0.3) is 5.95 Å². The van der Waals surface area contributed by atoms with Crippen molar-refractivity contribution in [3.63, 3.8) is 0 Å². The summed E-state index contributed by atoms with van der Waals surface area (Å²) in [5, 5.41) is 4.13. The van der Waals surface area contributed by atoms with Crippen molar-refractivity contribution >= 4 is 0 Å². The smallest absolute Gasteiger partial charge is 0.231 e. The van der Waals surface area contributed by atoms with Crippen LogP contribution in [-0.2, 0) is 13.6 Å². The Labute approximate surface area is 75.0 Å². The lowest BCUT2D eigenvalue weighted by atomic mass is 10.6. The molecule has 68 valence electrons. The van der Waals surface area contributed by atoms with Gasteiger partial charge in [0.05, 0.1) is 6.54 Å². The molecule has 6 nitrogen and oxygen atoms in total. The quantitative estimate of drug-likeness (QED) is 0.670. The fourth-order valence-corrected chi connectivity index (χ4v) is 1.07. The minimum absolute atomic E-state index is 0.345. The zero-order valence-electron chi connectivity index (χ0n) is 7.25. The highest BCUT2D eigenvalue weighted by Gasteiger charge is 2.04. The maximum absolute atomic E-state index is 5.39. The summed E-state index contributed by atoms with van der Waals surface area (Å²) >= 11 is 0. The van der Waals surface area contributed by atoms with E-state index in [9.17, 15) is 0 Å². The largest absolute Gasteiger partial charge is 0.324 e. The van der Waals surface area contributed by atoms with E-state index >= 15 is 0 Å². The van der Waals surface area contributed by atoms with E-state index in [-0.39, 0.29) is 0 Å². The van der Waals surface area contributed by atoms with Crippen molar-refractivity contribution in [1.29, 1.82) is 0 Å². The van der Waals surface area contributed by atoms with E-state index in [1.165, 1.54) is 0 Å². The van der Waals surface area contributed by atoms with Gasteiger partial charge in [0, 0.05) is 19.4 Å². The first-order chi connectivity index (χ1) is 6.31. The van der Waals surface area contributed by atoms with Crippen molar-refractivity contribution in [2.24, 2.45) is 12.8 Å². The number of nitrogens with two attached hydrogens (primary N) is 1. The Hall–Kier alpha value is -1.69. The van der Waals surface area contributed by atoms with E-state index in [0.717, 1.165) is 5.95 Å². The maximum Gasteiger partial charge on any atom is 0.231 e. The molecule has 0 atom stereocenters. The second kappa shape index (κ2) is 2.98. The second-order valence-corrected chi connectivity index (χ2v) is 2.65. The average molecular weight is 178 g/mol. The highest BCUT2D eigenvalue weighted by atomic mass is 15.4. The highest BCUT2D eigenvalue weighted by molar-refractivity contribution is 5.09. The summed E-state index contributed by atoms with van der Waals surface area (Å²) in [7, 11) is 1.89. The molecule has 0 aliphatic rings. The van der Waals surface area contributed by atoms with Crippen LogP contribution in [0.3, 0.4) is 0 Å². The van der Waals surface area contributed by atoms with Gasteiger partial charge in [-0.1, -0.05) is 0 Å². The van der Waals surface area contributed by atoms with Crippen molar-refractivity contribution in [3.8, 4) is 5.95 Å². The van der Waals surface area contributed by atoms with Crippen LogP contribution >= 0.6 is 0 Å². The van der Waals surface area contributed by atoms with E-state index in [0.29, 0.717) is 12.4 Å². The summed E-state index contributed by atoms with van der Waals surface area (Å²) in [5.41, 5.74) is 5.39.